The van der Waals surface area contributed by atoms with Gasteiger partial charge in [0, 0.05) is 24.3 Å². The smallest absolute Gasteiger partial charge is 0.550 e. The van der Waals surface area contributed by atoms with Crippen LogP contribution in [0.1, 0.15) is 225 Å². The van der Waals surface area contributed by atoms with E-state index in [1.165, 1.54) is 173 Å². The molecule has 0 amide bonds. The number of unbranched alkanes of at least 4 members (excludes halogenated alkanes) is 28. The Labute approximate surface area is 412 Å². The van der Waals surface area contributed by atoms with Crippen molar-refractivity contribution in [3.8, 4) is 33.9 Å². The summed E-state index contributed by atoms with van der Waals surface area (Å²) in [7, 11) is 0. The molecular formula is C58H87MnN3O4. The van der Waals surface area contributed by atoms with Crippen molar-refractivity contribution in [3.05, 3.63) is 90.8 Å². The van der Waals surface area contributed by atoms with Gasteiger partial charge in [-0.3, -0.25) is 9.97 Å². The molecule has 0 saturated heterocycles. The molecule has 3 aromatic heterocycles. The first-order chi connectivity index (χ1) is 31.8. The molecule has 8 heteroatoms. The van der Waals surface area contributed by atoms with Crippen LogP contribution >= 0.6 is 0 Å². The number of carboxylic acids is 2. The maximum absolute atomic E-state index is 10.2. The quantitative estimate of drug-likeness (QED) is 0.0333. The van der Waals surface area contributed by atoms with E-state index in [1.807, 2.05) is 36.4 Å². The number of pyridine rings is 3. The van der Waals surface area contributed by atoms with Crippen molar-refractivity contribution in [1.29, 1.82) is 0 Å². The minimum atomic E-state index is -0.903. The number of carbonyl (C=O) groups is 2. The predicted octanol–water partition coefficient (Wildman–Crippen LogP) is 15.2. The van der Waals surface area contributed by atoms with Gasteiger partial charge >= 0.3 is 17.1 Å². The molecule has 0 fully saturated rings. The van der Waals surface area contributed by atoms with Crippen molar-refractivity contribution in [1.82, 2.24) is 15.0 Å². The average Bonchev–Trinajstić information content (AvgIpc) is 3.32. The summed E-state index contributed by atoms with van der Waals surface area (Å²) in [5.41, 5.74) is 6.91. The van der Waals surface area contributed by atoms with Crippen molar-refractivity contribution in [2.75, 3.05) is 0 Å². The van der Waals surface area contributed by atoms with Crippen LogP contribution in [-0.4, -0.2) is 26.9 Å². The van der Waals surface area contributed by atoms with E-state index in [0.29, 0.717) is 0 Å². The Morgan fingerprint density at radius 2 is 0.697 bits per heavy atom. The van der Waals surface area contributed by atoms with Crippen LogP contribution in [-0.2, 0) is 26.7 Å². The summed E-state index contributed by atoms with van der Waals surface area (Å²) in [6.45, 7) is 6.63. The Kier molecular flexibility index (Phi) is 38.7. The normalized spacial score (nSPS) is 10.6. The van der Waals surface area contributed by atoms with Crippen molar-refractivity contribution in [2.24, 2.45) is 0 Å². The molecule has 4 aromatic rings. The zero-order valence-corrected chi connectivity index (χ0v) is 42.7. The first-order valence-corrected chi connectivity index (χ1v) is 26.2. The Bertz CT molecular complexity index is 1620. The third kappa shape index (κ3) is 32.7. The molecule has 0 spiro atoms. The van der Waals surface area contributed by atoms with E-state index in [1.54, 1.807) is 12.4 Å². The number of aliphatic carboxylic acids is 2. The first kappa shape index (κ1) is 60.1. The van der Waals surface area contributed by atoms with Gasteiger partial charge in [0.05, 0.1) is 22.8 Å². The van der Waals surface area contributed by atoms with Gasteiger partial charge in [0.2, 0.25) is 0 Å². The molecule has 4 rings (SSSR count). The van der Waals surface area contributed by atoms with E-state index < -0.39 is 11.9 Å². The topological polar surface area (TPSA) is 119 Å². The minimum Gasteiger partial charge on any atom is -0.550 e. The zero-order valence-electron chi connectivity index (χ0n) is 41.6. The predicted molar refractivity (Wildman–Crippen MR) is 270 cm³/mol. The van der Waals surface area contributed by atoms with Crippen LogP contribution in [0.15, 0.2) is 85.2 Å². The molecule has 0 aliphatic rings. The van der Waals surface area contributed by atoms with Gasteiger partial charge in [-0.05, 0) is 80.1 Å². The number of carbonyl (C=O) groups excluding carboxylic acids is 2. The Balaban J connectivity index is 0.000000498. The van der Waals surface area contributed by atoms with Gasteiger partial charge in [-0.15, -0.1) is 0 Å². The van der Waals surface area contributed by atoms with Gasteiger partial charge in [-0.1, -0.05) is 236 Å². The summed E-state index contributed by atoms with van der Waals surface area (Å²) < 4.78 is 0. The molecule has 0 atom stereocenters. The number of nitrogens with zero attached hydrogens (tertiary/aromatic N) is 3. The molecule has 0 N–H and O–H groups in total. The van der Waals surface area contributed by atoms with Crippen molar-refractivity contribution < 1.29 is 36.9 Å². The Hall–Kier alpha value is -3.87. The second kappa shape index (κ2) is 42.5. The summed E-state index contributed by atoms with van der Waals surface area (Å²) >= 11 is 0. The van der Waals surface area contributed by atoms with Gasteiger partial charge in [0.1, 0.15) is 0 Å². The summed E-state index contributed by atoms with van der Waals surface area (Å²) in [6.07, 6.45) is 43.3. The Morgan fingerprint density at radius 1 is 0.394 bits per heavy atom. The third-order valence-corrected chi connectivity index (χ3v) is 12.0. The number of carboxylic acid groups (broad SMARTS) is 2. The molecule has 1 radical (unpaired) electrons. The molecule has 0 bridgehead atoms. The standard InChI is InChI=1S/C22H17N3.2C18H36O2.Mn/c1-16-8-10-17(11-9-16)18-14-21(19-6-2-4-12-23-19)25-22(15-18)20-7-3-5-13-24-20;2*1-2-3-4-5-6-7-8-9-10-11-12-13-14-15-16-17-18(19)20;/h2-15H,1H3;2*2-17H2,1H3,(H,19,20);/q;;;+2/p-2. The van der Waals surface area contributed by atoms with Crippen LogP contribution in [0.2, 0.25) is 0 Å². The maximum Gasteiger partial charge on any atom is 2.00 e. The fourth-order valence-corrected chi connectivity index (χ4v) is 8.02. The van der Waals surface area contributed by atoms with Crippen molar-refractivity contribution >= 4 is 11.9 Å². The SMILES string of the molecule is CCCCCCCCCCCCCCCCCC(=O)[O-].CCCCCCCCCCCCCCCCCC(=O)[O-].Cc1ccc(-c2cc(-c3ccccn3)nc(-c3ccccn3)c2)cc1.[Mn+2]. The van der Waals surface area contributed by atoms with Crippen LogP contribution in [0.4, 0.5) is 0 Å². The van der Waals surface area contributed by atoms with E-state index in [4.69, 9.17) is 4.98 Å². The second-order valence-corrected chi connectivity index (χ2v) is 18.1. The van der Waals surface area contributed by atoms with Crippen molar-refractivity contribution in [2.45, 2.75) is 226 Å². The molecular weight excluding hydrogens is 858 g/mol. The first-order valence-electron chi connectivity index (χ1n) is 26.2. The molecule has 0 saturated carbocycles. The molecule has 0 unspecified atom stereocenters. The van der Waals surface area contributed by atoms with E-state index in [0.717, 1.165) is 59.6 Å². The van der Waals surface area contributed by atoms with Crippen LogP contribution in [0.5, 0.6) is 0 Å². The van der Waals surface area contributed by atoms with Gasteiger partial charge < -0.3 is 19.8 Å². The Morgan fingerprint density at radius 3 is 0.970 bits per heavy atom. The molecule has 3 heterocycles. The van der Waals surface area contributed by atoms with Gasteiger partial charge in [0.25, 0.3) is 0 Å². The molecule has 0 aliphatic carbocycles. The summed E-state index contributed by atoms with van der Waals surface area (Å²) in [6, 6.07) is 24.4. The monoisotopic (exact) mass is 945 g/mol. The molecule has 66 heavy (non-hydrogen) atoms. The summed E-state index contributed by atoms with van der Waals surface area (Å²) in [4.78, 5) is 34.1. The van der Waals surface area contributed by atoms with E-state index in [-0.39, 0.29) is 29.9 Å². The maximum atomic E-state index is 10.2. The van der Waals surface area contributed by atoms with Crippen LogP contribution in [0.25, 0.3) is 33.9 Å². The number of benzene rings is 1. The van der Waals surface area contributed by atoms with E-state index in [2.05, 4.69) is 67.1 Å². The molecule has 0 aliphatic heterocycles. The van der Waals surface area contributed by atoms with Crippen LogP contribution < -0.4 is 10.2 Å². The fraction of sp³-hybridized carbons (Fsp3) is 0.603. The zero-order chi connectivity index (χ0) is 46.8. The summed E-state index contributed by atoms with van der Waals surface area (Å²) in [5.74, 6) is -1.81. The summed E-state index contributed by atoms with van der Waals surface area (Å²) in [5, 5.41) is 20.4. The average molecular weight is 945 g/mol. The van der Waals surface area contributed by atoms with Crippen molar-refractivity contribution in [3.63, 3.8) is 0 Å². The van der Waals surface area contributed by atoms with Gasteiger partial charge in [-0.25, -0.2) is 4.98 Å². The number of rotatable bonds is 35. The minimum absolute atomic E-state index is 0. The fourth-order valence-electron chi connectivity index (χ4n) is 8.02. The van der Waals surface area contributed by atoms with Crippen LogP contribution in [0, 0.1) is 6.92 Å². The van der Waals surface area contributed by atoms with E-state index >= 15 is 0 Å². The largest absolute Gasteiger partial charge is 2.00 e. The second-order valence-electron chi connectivity index (χ2n) is 18.1. The van der Waals surface area contributed by atoms with Crippen LogP contribution in [0.3, 0.4) is 0 Å². The number of aromatic nitrogens is 3. The molecule has 7 nitrogen and oxygen atoms in total. The van der Waals surface area contributed by atoms with Gasteiger partial charge in [0.15, 0.2) is 0 Å². The number of hydrogen-bond donors (Lipinski definition) is 0. The third-order valence-electron chi connectivity index (χ3n) is 12.0. The molecule has 1 aromatic carbocycles. The van der Waals surface area contributed by atoms with Gasteiger partial charge in [-0.2, -0.15) is 0 Å². The number of aryl methyl sites for hydroxylation is 1. The number of hydrogen-bond acceptors (Lipinski definition) is 7. The van der Waals surface area contributed by atoms with E-state index in [9.17, 15) is 19.8 Å². The molecule has 365 valence electrons.